The molecule has 4 amide bonds. The quantitative estimate of drug-likeness (QED) is 0.194. The van der Waals surface area contributed by atoms with Gasteiger partial charge in [-0.05, 0) is 84.3 Å². The van der Waals surface area contributed by atoms with E-state index in [1.807, 2.05) is 56.5 Å². The summed E-state index contributed by atoms with van der Waals surface area (Å²) in [4.78, 5) is 66.2. The number of anilines is 1. The normalized spacial score (nSPS) is 26.4. The monoisotopic (exact) mass is 787 g/mol. The highest BCUT2D eigenvalue weighted by Gasteiger charge is 2.60. The van der Waals surface area contributed by atoms with Gasteiger partial charge < -0.3 is 40.8 Å². The predicted octanol–water partition coefficient (Wildman–Crippen LogP) is 5.76. The maximum Gasteiger partial charge on any atom is 0.408 e. The Morgan fingerprint density at radius 3 is 2.57 bits per heavy atom. The minimum Gasteiger partial charge on any atom is -0.496 e. The maximum absolute atomic E-state index is 14.6. The molecule has 2 unspecified atom stereocenters. The molecule has 4 heterocycles. The van der Waals surface area contributed by atoms with Crippen molar-refractivity contribution in [3.63, 3.8) is 0 Å². The Balaban J connectivity index is 1.22. The number of nitrogens with two attached hydrogens (primary N) is 1. The molecular weight excluding hydrogens is 735 g/mol. The molecule has 1 saturated heterocycles. The van der Waals surface area contributed by atoms with Crippen molar-refractivity contribution in [3.8, 4) is 22.9 Å². The Labute approximate surface area is 331 Å². The van der Waals surface area contributed by atoms with Gasteiger partial charge >= 0.3 is 6.09 Å². The van der Waals surface area contributed by atoms with Gasteiger partial charge in [-0.25, -0.2) is 14.8 Å². The standard InChI is InChI=1S/C41H53N7O7S/c1-23(2)43-39-45-31(22-56-39)30-19-34(28-16-17-33(53-4)24(3)35(28)44-30)54-27-18-32-36(49)47-41(38(42)51)20-25(41)12-8-6-5-7-9-15-29(37(50)48(32)21-27)46-40(52)55-26-13-10-11-14-26/h8,12,16-17,19,22-23,25-27,29,32H,5-7,9-11,13-15,18,20-21H2,1-4H3,(H2,42,51)(H,43,45)(H,46,52)(H,47,49)/b12-8-/t25?,27-,29+,32?,41-/m1/s1. The Bertz CT molecular complexity index is 2000. The maximum atomic E-state index is 14.6. The fraction of sp³-hybridized carbons (Fsp3) is 0.561. The molecule has 56 heavy (non-hydrogen) atoms. The molecule has 0 bridgehead atoms. The summed E-state index contributed by atoms with van der Waals surface area (Å²) in [5.41, 5.74) is 7.43. The zero-order valence-electron chi connectivity index (χ0n) is 32.6. The number of rotatable bonds is 9. The van der Waals surface area contributed by atoms with E-state index in [0.717, 1.165) is 61.0 Å². The van der Waals surface area contributed by atoms with Gasteiger partial charge in [0, 0.05) is 40.8 Å². The van der Waals surface area contributed by atoms with Crippen LogP contribution in [-0.4, -0.2) is 88.2 Å². The lowest BCUT2D eigenvalue weighted by molar-refractivity contribution is -0.141. The van der Waals surface area contributed by atoms with Crippen molar-refractivity contribution < 1.29 is 33.4 Å². The zero-order valence-corrected chi connectivity index (χ0v) is 33.4. The van der Waals surface area contributed by atoms with E-state index < -0.39 is 47.5 Å². The minimum atomic E-state index is -1.23. The van der Waals surface area contributed by atoms with E-state index in [2.05, 4.69) is 16.0 Å². The number of allylic oxidation sites excluding steroid dienone is 1. The zero-order chi connectivity index (χ0) is 39.6. The Kier molecular flexibility index (Phi) is 11.7. The number of fused-ring (bicyclic) bond motifs is 3. The fourth-order valence-electron chi connectivity index (χ4n) is 8.24. The van der Waals surface area contributed by atoms with Gasteiger partial charge in [0.1, 0.15) is 47.0 Å². The third-order valence-electron chi connectivity index (χ3n) is 11.4. The molecule has 5 atom stereocenters. The predicted molar refractivity (Wildman–Crippen MR) is 213 cm³/mol. The molecular formula is C41H53N7O7S. The van der Waals surface area contributed by atoms with Crippen LogP contribution in [0.3, 0.4) is 0 Å². The number of methoxy groups -OCH3 is 1. The number of alkyl carbamates (subject to hydrolysis) is 1. The molecule has 5 N–H and O–H groups in total. The summed E-state index contributed by atoms with van der Waals surface area (Å²) < 4.78 is 18.1. The van der Waals surface area contributed by atoms with Gasteiger partial charge in [0.25, 0.3) is 0 Å². The van der Waals surface area contributed by atoms with Gasteiger partial charge in [0.15, 0.2) is 5.13 Å². The number of carbonyl (C=O) groups excluding carboxylic acids is 4. The summed E-state index contributed by atoms with van der Waals surface area (Å²) >= 11 is 1.48. The van der Waals surface area contributed by atoms with Crippen molar-refractivity contribution in [2.75, 3.05) is 19.0 Å². The molecule has 14 nitrogen and oxygen atoms in total. The molecule has 7 rings (SSSR count). The molecule has 0 radical (unpaired) electrons. The lowest BCUT2D eigenvalue weighted by Crippen LogP contribution is -2.57. The fourth-order valence-corrected chi connectivity index (χ4v) is 9.09. The summed E-state index contributed by atoms with van der Waals surface area (Å²) in [6, 6.07) is 3.88. The van der Waals surface area contributed by atoms with Crippen LogP contribution in [0.1, 0.15) is 90.0 Å². The Hall–Kier alpha value is -4.92. The summed E-state index contributed by atoms with van der Waals surface area (Å²) in [5.74, 6) is -0.549. The summed E-state index contributed by atoms with van der Waals surface area (Å²) in [5, 5.41) is 12.6. The third kappa shape index (κ3) is 8.42. The first-order chi connectivity index (χ1) is 26.9. The van der Waals surface area contributed by atoms with E-state index in [0.29, 0.717) is 47.7 Å². The molecule has 2 aliphatic carbocycles. The van der Waals surface area contributed by atoms with E-state index >= 15 is 0 Å². The molecule has 0 spiro atoms. The van der Waals surface area contributed by atoms with Crippen LogP contribution in [0, 0.1) is 12.8 Å². The molecule has 4 aliphatic rings. The third-order valence-corrected chi connectivity index (χ3v) is 12.2. The van der Waals surface area contributed by atoms with Crippen LogP contribution < -0.4 is 31.2 Å². The Morgan fingerprint density at radius 2 is 1.82 bits per heavy atom. The van der Waals surface area contributed by atoms with Crippen LogP contribution in [0.15, 0.2) is 35.7 Å². The number of hydrogen-bond acceptors (Lipinski definition) is 11. The first kappa shape index (κ1) is 39.3. The molecule has 1 aromatic carbocycles. The molecule has 300 valence electrons. The van der Waals surface area contributed by atoms with E-state index in [-0.39, 0.29) is 31.0 Å². The number of nitrogens with zero attached hydrogens (tertiary/aromatic N) is 3. The number of aromatic nitrogens is 2. The van der Waals surface area contributed by atoms with Crippen LogP contribution in [0.25, 0.3) is 22.3 Å². The smallest absolute Gasteiger partial charge is 0.408 e. The number of hydrogen-bond donors (Lipinski definition) is 4. The van der Waals surface area contributed by atoms with Crippen molar-refractivity contribution in [1.82, 2.24) is 25.5 Å². The number of nitrogens with one attached hydrogen (secondary N) is 3. The van der Waals surface area contributed by atoms with Gasteiger partial charge in [-0.2, -0.15) is 0 Å². The second kappa shape index (κ2) is 16.7. The average molecular weight is 788 g/mol. The minimum absolute atomic E-state index is 0.0626. The summed E-state index contributed by atoms with van der Waals surface area (Å²) in [6.45, 7) is 6.09. The molecule has 3 fully saturated rings. The number of amides is 4. The number of benzene rings is 1. The average Bonchev–Trinajstić information content (AvgIpc) is 3.59. The molecule has 2 aliphatic heterocycles. The van der Waals surface area contributed by atoms with Crippen LogP contribution in [0.5, 0.6) is 11.5 Å². The number of ether oxygens (including phenoxy) is 3. The van der Waals surface area contributed by atoms with Crippen molar-refractivity contribution in [2.24, 2.45) is 11.7 Å². The highest BCUT2D eigenvalue weighted by atomic mass is 32.1. The Morgan fingerprint density at radius 1 is 1.04 bits per heavy atom. The lowest BCUT2D eigenvalue weighted by atomic mass is 10.0. The van der Waals surface area contributed by atoms with Crippen LogP contribution in [0.2, 0.25) is 0 Å². The molecule has 2 aromatic heterocycles. The van der Waals surface area contributed by atoms with Crippen LogP contribution in [0.4, 0.5) is 9.93 Å². The van der Waals surface area contributed by atoms with Crippen molar-refractivity contribution in [1.29, 1.82) is 0 Å². The molecule has 2 saturated carbocycles. The van der Waals surface area contributed by atoms with Crippen molar-refractivity contribution in [2.45, 2.75) is 127 Å². The largest absolute Gasteiger partial charge is 0.496 e. The number of carbonyl (C=O) groups is 4. The van der Waals surface area contributed by atoms with Gasteiger partial charge in [-0.3, -0.25) is 14.4 Å². The number of pyridine rings is 1. The summed E-state index contributed by atoms with van der Waals surface area (Å²) in [7, 11) is 1.61. The first-order valence-corrected chi connectivity index (χ1v) is 20.8. The lowest BCUT2D eigenvalue weighted by Gasteiger charge is -2.29. The first-order valence-electron chi connectivity index (χ1n) is 19.9. The summed E-state index contributed by atoms with van der Waals surface area (Å²) in [6.07, 6.45) is 10.2. The SMILES string of the molecule is COc1ccc2c(O[C@@H]3CC4C(=O)N[C@]5(C(N)=O)CC5/C=C\CCCCC[C@H](NC(=O)OC5CCCC5)C(=O)N4C3)cc(-c3csc(NC(C)C)n3)nc2c1C. The van der Waals surface area contributed by atoms with E-state index in [1.54, 1.807) is 7.11 Å². The van der Waals surface area contributed by atoms with Crippen LogP contribution >= 0.6 is 11.3 Å². The highest BCUT2D eigenvalue weighted by Crippen LogP contribution is 2.45. The molecule has 3 aromatic rings. The highest BCUT2D eigenvalue weighted by molar-refractivity contribution is 7.14. The van der Waals surface area contributed by atoms with Gasteiger partial charge in [0.05, 0.1) is 24.9 Å². The van der Waals surface area contributed by atoms with Crippen molar-refractivity contribution in [3.05, 3.63) is 41.3 Å². The van der Waals surface area contributed by atoms with Crippen LogP contribution in [-0.2, 0) is 19.1 Å². The van der Waals surface area contributed by atoms with Gasteiger partial charge in [-0.15, -0.1) is 11.3 Å². The van der Waals surface area contributed by atoms with E-state index in [9.17, 15) is 19.2 Å². The van der Waals surface area contributed by atoms with Gasteiger partial charge in [-0.1, -0.05) is 25.0 Å². The topological polar surface area (TPSA) is 187 Å². The molecule has 15 heteroatoms. The number of aryl methyl sites for hydroxylation is 1. The number of thiazole rings is 1. The second-order valence-electron chi connectivity index (χ2n) is 15.8. The van der Waals surface area contributed by atoms with E-state index in [4.69, 9.17) is 29.9 Å². The van der Waals surface area contributed by atoms with E-state index in [1.165, 1.54) is 16.2 Å². The number of primary amides is 1. The van der Waals surface area contributed by atoms with Crippen molar-refractivity contribution >= 4 is 51.2 Å². The van der Waals surface area contributed by atoms with Gasteiger partial charge in [0.2, 0.25) is 17.7 Å². The second-order valence-corrected chi connectivity index (χ2v) is 16.7.